The Hall–Kier alpha value is -1.02. The fraction of sp³-hybridized carbons (Fsp3) is 0.417. The number of nitrogens with one attached hydrogen (secondary N) is 1. The van der Waals surface area contributed by atoms with Gasteiger partial charge < -0.3 is 5.32 Å². The van der Waals surface area contributed by atoms with E-state index in [2.05, 4.69) is 5.32 Å². The van der Waals surface area contributed by atoms with Gasteiger partial charge in [0.05, 0.1) is 0 Å². The van der Waals surface area contributed by atoms with E-state index in [1.54, 1.807) is 0 Å². The maximum atomic E-state index is 11.5. The van der Waals surface area contributed by atoms with Crippen LogP contribution in [0.3, 0.4) is 0 Å². The predicted molar refractivity (Wildman–Crippen MR) is 62.8 cm³/mol. The molecule has 1 unspecified atom stereocenters. The lowest BCUT2D eigenvalue weighted by Crippen LogP contribution is -2.28. The number of hydrogen-bond acceptors (Lipinski definition) is 1. The number of rotatable bonds is 4. The van der Waals surface area contributed by atoms with Crippen LogP contribution in [0.4, 0.5) is 0 Å². The SMILES string of the molecule is CCC(C)C(=O)NCc1ccccc1Cl. The third-order valence-electron chi connectivity index (χ3n) is 2.47. The van der Waals surface area contributed by atoms with Gasteiger partial charge in [0.2, 0.25) is 5.91 Å². The van der Waals surface area contributed by atoms with Gasteiger partial charge in [0.25, 0.3) is 0 Å². The molecule has 0 bridgehead atoms. The van der Waals surface area contributed by atoms with Gasteiger partial charge in [-0.05, 0) is 18.1 Å². The molecule has 1 amide bonds. The Kier molecular flexibility index (Phi) is 4.63. The molecule has 1 atom stereocenters. The summed E-state index contributed by atoms with van der Waals surface area (Å²) in [5, 5.41) is 3.56. The predicted octanol–water partition coefficient (Wildman–Crippen LogP) is 3.00. The van der Waals surface area contributed by atoms with E-state index in [4.69, 9.17) is 11.6 Å². The maximum absolute atomic E-state index is 11.5. The molecule has 0 heterocycles. The van der Waals surface area contributed by atoms with Gasteiger partial charge in [-0.1, -0.05) is 43.6 Å². The molecule has 15 heavy (non-hydrogen) atoms. The Morgan fingerprint density at radius 1 is 1.47 bits per heavy atom. The molecule has 2 nitrogen and oxygen atoms in total. The number of halogens is 1. The van der Waals surface area contributed by atoms with Crippen LogP contribution in [-0.4, -0.2) is 5.91 Å². The Morgan fingerprint density at radius 2 is 2.13 bits per heavy atom. The summed E-state index contributed by atoms with van der Waals surface area (Å²) in [6.07, 6.45) is 0.856. The van der Waals surface area contributed by atoms with Crippen LogP contribution in [-0.2, 0) is 11.3 Å². The van der Waals surface area contributed by atoms with Crippen LogP contribution >= 0.6 is 11.6 Å². The summed E-state index contributed by atoms with van der Waals surface area (Å²) in [5.74, 6) is 0.143. The normalized spacial score (nSPS) is 12.2. The molecule has 1 aromatic rings. The zero-order chi connectivity index (χ0) is 11.3. The van der Waals surface area contributed by atoms with Crippen molar-refractivity contribution >= 4 is 17.5 Å². The quantitative estimate of drug-likeness (QED) is 0.839. The van der Waals surface area contributed by atoms with Gasteiger partial charge in [0.15, 0.2) is 0 Å². The number of carbonyl (C=O) groups is 1. The first-order chi connectivity index (χ1) is 7.15. The molecule has 0 aliphatic heterocycles. The van der Waals surface area contributed by atoms with Crippen molar-refractivity contribution in [1.82, 2.24) is 5.32 Å². The third kappa shape index (κ3) is 3.56. The van der Waals surface area contributed by atoms with Crippen LogP contribution < -0.4 is 5.32 Å². The number of hydrogen-bond donors (Lipinski definition) is 1. The first kappa shape index (κ1) is 12.1. The summed E-state index contributed by atoms with van der Waals surface area (Å²) in [5.41, 5.74) is 0.954. The van der Waals surface area contributed by atoms with Gasteiger partial charge in [-0.25, -0.2) is 0 Å². The molecule has 0 aliphatic rings. The Morgan fingerprint density at radius 3 is 2.73 bits per heavy atom. The Labute approximate surface area is 95.6 Å². The van der Waals surface area contributed by atoms with Gasteiger partial charge >= 0.3 is 0 Å². The number of carbonyl (C=O) groups excluding carboxylic acids is 1. The monoisotopic (exact) mass is 225 g/mol. The van der Waals surface area contributed by atoms with Crippen molar-refractivity contribution in [3.8, 4) is 0 Å². The molecule has 0 aliphatic carbocycles. The van der Waals surface area contributed by atoms with E-state index in [1.807, 2.05) is 38.1 Å². The summed E-state index contributed by atoms with van der Waals surface area (Å²) < 4.78 is 0. The average molecular weight is 226 g/mol. The standard InChI is InChI=1S/C12H16ClNO/c1-3-9(2)12(15)14-8-10-6-4-5-7-11(10)13/h4-7,9H,3,8H2,1-2H3,(H,14,15). The topological polar surface area (TPSA) is 29.1 Å². The highest BCUT2D eigenvalue weighted by Crippen LogP contribution is 2.14. The Balaban J connectivity index is 2.51. The van der Waals surface area contributed by atoms with Crippen molar-refractivity contribution in [1.29, 1.82) is 0 Å². The molecule has 0 saturated heterocycles. The lowest BCUT2D eigenvalue weighted by molar-refractivity contribution is -0.124. The lowest BCUT2D eigenvalue weighted by Gasteiger charge is -2.10. The van der Waals surface area contributed by atoms with Crippen LogP contribution in [0, 0.1) is 5.92 Å². The van der Waals surface area contributed by atoms with Gasteiger partial charge in [0, 0.05) is 17.5 Å². The van der Waals surface area contributed by atoms with Crippen LogP contribution in [0.25, 0.3) is 0 Å². The molecular formula is C12H16ClNO. The van der Waals surface area contributed by atoms with Crippen LogP contribution in [0.1, 0.15) is 25.8 Å². The highest BCUT2D eigenvalue weighted by molar-refractivity contribution is 6.31. The zero-order valence-electron chi connectivity index (χ0n) is 9.09. The number of amides is 1. The van der Waals surface area contributed by atoms with E-state index in [1.165, 1.54) is 0 Å². The minimum Gasteiger partial charge on any atom is -0.352 e. The van der Waals surface area contributed by atoms with Crippen molar-refractivity contribution in [3.05, 3.63) is 34.9 Å². The average Bonchev–Trinajstić information content (AvgIpc) is 2.26. The maximum Gasteiger partial charge on any atom is 0.223 e. The van der Waals surface area contributed by atoms with E-state index in [-0.39, 0.29) is 11.8 Å². The van der Waals surface area contributed by atoms with Crippen molar-refractivity contribution < 1.29 is 4.79 Å². The molecule has 0 aromatic heterocycles. The van der Waals surface area contributed by atoms with E-state index in [9.17, 15) is 4.79 Å². The van der Waals surface area contributed by atoms with E-state index in [0.717, 1.165) is 12.0 Å². The second-order valence-electron chi connectivity index (χ2n) is 3.62. The van der Waals surface area contributed by atoms with Gasteiger partial charge in [-0.2, -0.15) is 0 Å². The molecule has 82 valence electrons. The van der Waals surface area contributed by atoms with E-state index >= 15 is 0 Å². The Bertz CT molecular complexity index is 338. The smallest absolute Gasteiger partial charge is 0.223 e. The first-order valence-corrected chi connectivity index (χ1v) is 5.54. The van der Waals surface area contributed by atoms with Crippen molar-refractivity contribution in [2.24, 2.45) is 5.92 Å². The molecule has 1 rings (SSSR count). The summed E-state index contributed by atoms with van der Waals surface area (Å²) in [6.45, 7) is 4.42. The fourth-order valence-corrected chi connectivity index (χ4v) is 1.39. The number of benzene rings is 1. The zero-order valence-corrected chi connectivity index (χ0v) is 9.84. The minimum absolute atomic E-state index is 0.0625. The molecule has 0 radical (unpaired) electrons. The molecule has 1 aromatic carbocycles. The molecule has 0 fully saturated rings. The molecular weight excluding hydrogens is 210 g/mol. The summed E-state index contributed by atoms with van der Waals surface area (Å²) >= 11 is 5.97. The third-order valence-corrected chi connectivity index (χ3v) is 2.84. The molecule has 1 N–H and O–H groups in total. The second-order valence-corrected chi connectivity index (χ2v) is 4.03. The lowest BCUT2D eigenvalue weighted by atomic mass is 10.1. The summed E-state index contributed by atoms with van der Waals surface area (Å²) in [7, 11) is 0. The van der Waals surface area contributed by atoms with Gasteiger partial charge in [-0.15, -0.1) is 0 Å². The van der Waals surface area contributed by atoms with Crippen LogP contribution in [0.5, 0.6) is 0 Å². The van der Waals surface area contributed by atoms with Crippen molar-refractivity contribution in [2.45, 2.75) is 26.8 Å². The minimum atomic E-state index is 0.0625. The van der Waals surface area contributed by atoms with Crippen molar-refractivity contribution in [2.75, 3.05) is 0 Å². The molecule has 0 saturated carbocycles. The highest BCUT2D eigenvalue weighted by Gasteiger charge is 2.09. The van der Waals surface area contributed by atoms with E-state index in [0.29, 0.717) is 11.6 Å². The fourth-order valence-electron chi connectivity index (χ4n) is 1.18. The second kappa shape index (κ2) is 5.76. The largest absolute Gasteiger partial charge is 0.352 e. The van der Waals surface area contributed by atoms with Crippen LogP contribution in [0.2, 0.25) is 5.02 Å². The highest BCUT2D eigenvalue weighted by atomic mass is 35.5. The van der Waals surface area contributed by atoms with Gasteiger partial charge in [-0.3, -0.25) is 4.79 Å². The summed E-state index contributed by atoms with van der Waals surface area (Å²) in [4.78, 5) is 11.5. The van der Waals surface area contributed by atoms with E-state index < -0.39 is 0 Å². The first-order valence-electron chi connectivity index (χ1n) is 5.16. The molecule has 0 spiro atoms. The summed E-state index contributed by atoms with van der Waals surface area (Å²) in [6, 6.07) is 7.53. The molecule has 3 heteroatoms. The van der Waals surface area contributed by atoms with Gasteiger partial charge in [0.1, 0.15) is 0 Å². The van der Waals surface area contributed by atoms with Crippen LogP contribution in [0.15, 0.2) is 24.3 Å². The van der Waals surface area contributed by atoms with Crippen molar-refractivity contribution in [3.63, 3.8) is 0 Å².